The average Bonchev–Trinajstić information content (AvgIpc) is 3.46. The molecule has 2 bridgehead atoms. The van der Waals surface area contributed by atoms with Crippen LogP contribution < -0.4 is 4.87 Å². The number of pyridine rings is 1. The Morgan fingerprint density at radius 2 is 2.00 bits per heavy atom. The summed E-state index contributed by atoms with van der Waals surface area (Å²) in [5.41, 5.74) is 1.03. The van der Waals surface area contributed by atoms with Gasteiger partial charge < -0.3 is 10.1 Å². The van der Waals surface area contributed by atoms with Gasteiger partial charge in [-0.05, 0) is 35.8 Å². The van der Waals surface area contributed by atoms with Crippen molar-refractivity contribution in [1.82, 2.24) is 14.9 Å². The highest BCUT2D eigenvalue weighted by Gasteiger charge is 2.69. The first kappa shape index (κ1) is 19.2. The molecule has 31 heavy (non-hydrogen) atoms. The molecule has 2 aromatic heterocycles. The number of carbonyl (C=O) groups is 3. The van der Waals surface area contributed by atoms with Crippen LogP contribution in [-0.4, -0.2) is 49.6 Å². The maximum atomic E-state index is 13.2. The normalized spacial score (nSPS) is 35.2. The molecule has 0 radical (unpaired) electrons. The summed E-state index contributed by atoms with van der Waals surface area (Å²) in [5, 5.41) is 10.0. The van der Waals surface area contributed by atoms with Crippen LogP contribution in [0.15, 0.2) is 34.3 Å². The first-order chi connectivity index (χ1) is 15.0. The number of amides is 2. The number of imide groups is 1. The predicted molar refractivity (Wildman–Crippen MR) is 112 cm³/mol. The molecule has 160 valence electrons. The van der Waals surface area contributed by atoms with Crippen LogP contribution in [0.3, 0.4) is 0 Å². The minimum atomic E-state index is -1.02. The number of fused-ring (bicyclic) bond motifs is 9. The fraction of sp³-hybridized carbons (Fsp3) is 0.476. The van der Waals surface area contributed by atoms with E-state index in [0.717, 1.165) is 21.9 Å². The van der Waals surface area contributed by atoms with Gasteiger partial charge in [0.05, 0.1) is 23.3 Å². The number of nitrogens with one attached hydrogen (secondary N) is 1. The van der Waals surface area contributed by atoms with Crippen molar-refractivity contribution in [3.8, 4) is 0 Å². The molecule has 4 aliphatic rings. The van der Waals surface area contributed by atoms with Gasteiger partial charge in [-0.1, -0.05) is 17.4 Å². The summed E-state index contributed by atoms with van der Waals surface area (Å²) < 4.78 is 0. The van der Waals surface area contributed by atoms with Crippen LogP contribution in [0.5, 0.6) is 0 Å². The average molecular weight is 458 g/mol. The zero-order chi connectivity index (χ0) is 21.4. The van der Waals surface area contributed by atoms with Crippen molar-refractivity contribution in [3.05, 3.63) is 44.6 Å². The fourth-order valence-corrected chi connectivity index (χ4v) is 9.33. The lowest BCUT2D eigenvalue weighted by Gasteiger charge is -2.42. The monoisotopic (exact) mass is 457 g/mol. The van der Waals surface area contributed by atoms with Crippen LogP contribution >= 0.6 is 23.1 Å². The van der Waals surface area contributed by atoms with Crippen molar-refractivity contribution in [1.29, 1.82) is 0 Å². The van der Waals surface area contributed by atoms with Gasteiger partial charge in [0.15, 0.2) is 0 Å². The molecule has 4 heterocycles. The number of rotatable bonds is 4. The van der Waals surface area contributed by atoms with E-state index in [4.69, 9.17) is 5.11 Å². The lowest BCUT2D eigenvalue weighted by molar-refractivity contribution is -0.142. The van der Waals surface area contributed by atoms with Crippen LogP contribution in [0.1, 0.15) is 29.2 Å². The Morgan fingerprint density at radius 3 is 2.71 bits per heavy atom. The van der Waals surface area contributed by atoms with E-state index in [0.29, 0.717) is 0 Å². The summed E-state index contributed by atoms with van der Waals surface area (Å²) in [7, 11) is 0. The van der Waals surface area contributed by atoms with Crippen molar-refractivity contribution in [3.63, 3.8) is 0 Å². The number of aromatic amines is 1. The number of nitrogens with zero attached hydrogens (tertiary/aromatic N) is 2. The number of H-pyrrole nitrogens is 1. The van der Waals surface area contributed by atoms with E-state index in [-0.39, 0.29) is 70.4 Å². The molecule has 2 N–H and O–H groups in total. The van der Waals surface area contributed by atoms with Gasteiger partial charge in [-0.25, -0.2) is 0 Å². The van der Waals surface area contributed by atoms with Crippen LogP contribution in [0, 0.1) is 29.6 Å². The second-order valence-corrected chi connectivity index (χ2v) is 10.9. The minimum absolute atomic E-state index is 0.0363. The Kier molecular flexibility index (Phi) is 4.20. The summed E-state index contributed by atoms with van der Waals surface area (Å²) in [6.07, 6.45) is 4.13. The SMILES string of the molecule is O=C(O)CCN1C(=O)[C@@H]2[C@H]3C[C@@H]([C@@H]2C1=O)[C@@H]1[C@H](c2cccnc2)c2sc(=O)[nH]c2S[C@@H]31. The number of likely N-dealkylation sites (tertiary alicyclic amines) is 1. The molecule has 0 spiro atoms. The summed E-state index contributed by atoms with van der Waals surface area (Å²) in [6.45, 7) is -0.0609. The Morgan fingerprint density at radius 1 is 1.23 bits per heavy atom. The number of hydrogen-bond donors (Lipinski definition) is 2. The number of hydrogen-bond acceptors (Lipinski definition) is 7. The van der Waals surface area contributed by atoms with Gasteiger partial charge in [-0.15, -0.1) is 11.8 Å². The topological polar surface area (TPSA) is 120 Å². The number of thioether (sulfide) groups is 1. The van der Waals surface area contributed by atoms with E-state index >= 15 is 0 Å². The molecule has 2 saturated carbocycles. The number of carbonyl (C=O) groups excluding carboxylic acids is 2. The summed E-state index contributed by atoms with van der Waals surface area (Å²) in [4.78, 5) is 58.8. The molecular formula is C21H19N3O5S2. The first-order valence-corrected chi connectivity index (χ1v) is 12.0. The Labute approximate surface area is 185 Å². The van der Waals surface area contributed by atoms with E-state index in [1.807, 2.05) is 18.3 Å². The molecule has 1 saturated heterocycles. The van der Waals surface area contributed by atoms with Gasteiger partial charge in [0, 0.05) is 35.0 Å². The maximum absolute atomic E-state index is 13.2. The molecule has 2 aliphatic heterocycles. The third kappa shape index (κ3) is 2.64. The lowest BCUT2D eigenvalue weighted by Crippen LogP contribution is -2.42. The van der Waals surface area contributed by atoms with Gasteiger partial charge in [-0.2, -0.15) is 0 Å². The van der Waals surface area contributed by atoms with E-state index in [9.17, 15) is 19.2 Å². The highest BCUT2D eigenvalue weighted by atomic mass is 32.2. The van der Waals surface area contributed by atoms with E-state index in [1.165, 1.54) is 16.2 Å². The second kappa shape index (κ2) is 6.77. The minimum Gasteiger partial charge on any atom is -0.481 e. The largest absolute Gasteiger partial charge is 0.481 e. The number of carboxylic acid groups (broad SMARTS) is 1. The molecule has 0 unspecified atom stereocenters. The molecule has 2 aromatic rings. The van der Waals surface area contributed by atoms with Crippen molar-refractivity contribution in [2.45, 2.75) is 29.0 Å². The van der Waals surface area contributed by atoms with Gasteiger partial charge in [0.1, 0.15) is 0 Å². The Balaban J connectivity index is 1.41. The third-order valence-corrected chi connectivity index (χ3v) is 10.00. The predicted octanol–water partition coefficient (Wildman–Crippen LogP) is 1.78. The summed E-state index contributed by atoms with van der Waals surface area (Å²) in [5.74, 6) is -2.03. The van der Waals surface area contributed by atoms with Crippen LogP contribution in [0.4, 0.5) is 0 Å². The summed E-state index contributed by atoms with van der Waals surface area (Å²) >= 11 is 2.86. The lowest BCUT2D eigenvalue weighted by atomic mass is 9.68. The number of thiazole rings is 1. The quantitative estimate of drug-likeness (QED) is 0.672. The van der Waals surface area contributed by atoms with Gasteiger partial charge >= 0.3 is 10.8 Å². The fourth-order valence-electron chi connectivity index (χ4n) is 6.44. The number of aliphatic carboxylic acids is 1. The second-order valence-electron chi connectivity index (χ2n) is 8.72. The molecule has 2 amide bonds. The summed E-state index contributed by atoms with van der Waals surface area (Å²) in [6, 6.07) is 3.90. The van der Waals surface area contributed by atoms with E-state index in [2.05, 4.69) is 9.97 Å². The van der Waals surface area contributed by atoms with Crippen molar-refractivity contribution < 1.29 is 19.5 Å². The third-order valence-electron chi connectivity index (χ3n) is 7.41. The first-order valence-electron chi connectivity index (χ1n) is 10.3. The van der Waals surface area contributed by atoms with Crippen LogP contribution in [0.25, 0.3) is 0 Å². The molecule has 2 aliphatic carbocycles. The van der Waals surface area contributed by atoms with E-state index in [1.54, 1.807) is 18.0 Å². The highest BCUT2D eigenvalue weighted by Crippen LogP contribution is 2.68. The molecule has 7 atom stereocenters. The van der Waals surface area contributed by atoms with Crippen molar-refractivity contribution in [2.75, 3.05) is 6.54 Å². The Bertz CT molecular complexity index is 1160. The standard InChI is InChI=1S/C21H19N3O5S2/c25-11(26)3-5-24-19(27)14-9-6-10(15(14)20(24)28)16-13(9)12(8-2-1-4-22-7-8)17-18(30-16)23-21(29)31-17/h1-2,4,7,9-10,12-16H,3,5-6H2,(H,23,29)(H,25,26)/t9-,10-,12+,13-,14+,15-,16+/m1/s1. The van der Waals surface area contributed by atoms with Gasteiger partial charge in [0.25, 0.3) is 0 Å². The molecule has 0 aromatic carbocycles. The van der Waals surface area contributed by atoms with Gasteiger partial charge in [0.2, 0.25) is 11.8 Å². The van der Waals surface area contributed by atoms with Crippen LogP contribution in [-0.2, 0) is 14.4 Å². The molecular weight excluding hydrogens is 438 g/mol. The molecule has 6 rings (SSSR count). The zero-order valence-corrected chi connectivity index (χ0v) is 17.9. The van der Waals surface area contributed by atoms with Gasteiger partial charge in [-0.3, -0.25) is 29.1 Å². The van der Waals surface area contributed by atoms with Crippen molar-refractivity contribution in [2.24, 2.45) is 29.6 Å². The highest BCUT2D eigenvalue weighted by molar-refractivity contribution is 8.00. The number of carboxylic acids is 1. The van der Waals surface area contributed by atoms with Crippen molar-refractivity contribution >= 4 is 40.9 Å². The van der Waals surface area contributed by atoms with Crippen LogP contribution in [0.2, 0.25) is 0 Å². The van der Waals surface area contributed by atoms with E-state index < -0.39 is 5.97 Å². The maximum Gasteiger partial charge on any atom is 0.305 e. The number of aromatic nitrogens is 2. The molecule has 10 heteroatoms. The Hall–Kier alpha value is -2.46. The molecule has 8 nitrogen and oxygen atoms in total. The smallest absolute Gasteiger partial charge is 0.305 e. The molecule has 3 fully saturated rings. The zero-order valence-electron chi connectivity index (χ0n) is 16.3.